The summed E-state index contributed by atoms with van der Waals surface area (Å²) in [6.07, 6.45) is 10.7. The molecule has 7 rings (SSSR count). The smallest absolute Gasteiger partial charge is 0.259 e. The first kappa shape index (κ1) is 19.8. The number of amides is 2. The molecule has 1 aromatic rings. The minimum atomic E-state index is -0.0275. The maximum atomic E-state index is 13.8. The molecule has 0 aromatic carbocycles. The first-order valence-electron chi connectivity index (χ1n) is 12.4. The highest BCUT2D eigenvalue weighted by Gasteiger charge is 2.57. The minimum Gasteiger partial charge on any atom is -0.361 e. The number of carbonyl (C=O) groups excluding carboxylic acids is 2. The lowest BCUT2D eigenvalue weighted by atomic mass is 9.49. The van der Waals surface area contributed by atoms with Crippen LogP contribution in [0.5, 0.6) is 0 Å². The summed E-state index contributed by atoms with van der Waals surface area (Å²) in [6.45, 7) is 6.99. The average Bonchev–Trinajstić information content (AvgIpc) is 3.29. The standard InChI is InChI=1S/C25H35N3O3/c1-16-21(17(2)31-26-16)22(29)27-6-3-24(4-7-27)5-8-28(15-24)23(30)25-12-18-9-19(13-25)11-20(10-18)14-25/h18-20H,3-15H2,1-2H3. The quantitative estimate of drug-likeness (QED) is 0.719. The Hall–Kier alpha value is -1.85. The van der Waals surface area contributed by atoms with E-state index < -0.39 is 0 Å². The zero-order chi connectivity index (χ0) is 21.4. The van der Waals surface area contributed by atoms with Crippen molar-refractivity contribution in [3.8, 4) is 0 Å². The summed E-state index contributed by atoms with van der Waals surface area (Å²) >= 11 is 0. The Morgan fingerprint density at radius 2 is 1.45 bits per heavy atom. The van der Waals surface area contributed by atoms with E-state index in [1.165, 1.54) is 19.3 Å². The lowest BCUT2D eigenvalue weighted by molar-refractivity contribution is -0.157. The molecule has 2 amide bonds. The van der Waals surface area contributed by atoms with E-state index in [2.05, 4.69) is 10.1 Å². The van der Waals surface area contributed by atoms with Gasteiger partial charge in [-0.25, -0.2) is 0 Å². The predicted molar refractivity (Wildman–Crippen MR) is 115 cm³/mol. The van der Waals surface area contributed by atoms with Gasteiger partial charge in [-0.1, -0.05) is 5.16 Å². The summed E-state index contributed by atoms with van der Waals surface area (Å²) in [6, 6.07) is 0. The third kappa shape index (κ3) is 3.07. The highest BCUT2D eigenvalue weighted by molar-refractivity contribution is 5.96. The Morgan fingerprint density at radius 1 is 0.903 bits per heavy atom. The maximum Gasteiger partial charge on any atom is 0.259 e. The van der Waals surface area contributed by atoms with E-state index in [1.807, 2.05) is 18.7 Å². The topological polar surface area (TPSA) is 66.7 Å². The number of aryl methyl sites for hydroxylation is 2. The molecule has 0 atom stereocenters. The van der Waals surface area contributed by atoms with Crippen molar-refractivity contribution in [2.24, 2.45) is 28.6 Å². The molecule has 6 fully saturated rings. The van der Waals surface area contributed by atoms with E-state index >= 15 is 0 Å². The number of carbonyl (C=O) groups is 2. The lowest BCUT2D eigenvalue weighted by Crippen LogP contribution is -2.54. The summed E-state index contributed by atoms with van der Waals surface area (Å²) in [5, 5.41) is 3.94. The zero-order valence-electron chi connectivity index (χ0n) is 19.0. The second-order valence-corrected chi connectivity index (χ2v) is 11.7. The molecule has 0 unspecified atom stereocenters. The van der Waals surface area contributed by atoms with Crippen LogP contribution < -0.4 is 0 Å². The molecular formula is C25H35N3O3. The number of piperidine rings is 1. The second-order valence-electron chi connectivity index (χ2n) is 11.7. The fourth-order valence-electron chi connectivity index (χ4n) is 8.36. The van der Waals surface area contributed by atoms with Crippen LogP contribution in [-0.4, -0.2) is 52.9 Å². The van der Waals surface area contributed by atoms with Crippen LogP contribution in [0.4, 0.5) is 0 Å². The van der Waals surface area contributed by atoms with Crippen molar-refractivity contribution in [2.45, 2.75) is 71.6 Å². The van der Waals surface area contributed by atoms with Gasteiger partial charge in [0.25, 0.3) is 5.91 Å². The van der Waals surface area contributed by atoms with E-state index in [-0.39, 0.29) is 16.7 Å². The van der Waals surface area contributed by atoms with Gasteiger partial charge < -0.3 is 14.3 Å². The maximum absolute atomic E-state index is 13.8. The van der Waals surface area contributed by atoms with Gasteiger partial charge >= 0.3 is 0 Å². The van der Waals surface area contributed by atoms with Crippen LogP contribution in [0.25, 0.3) is 0 Å². The molecular weight excluding hydrogens is 390 g/mol. The Kier molecular flexibility index (Phi) is 4.36. The molecule has 168 valence electrons. The molecule has 4 bridgehead atoms. The molecule has 0 N–H and O–H groups in total. The van der Waals surface area contributed by atoms with Gasteiger partial charge in [0, 0.05) is 26.2 Å². The largest absolute Gasteiger partial charge is 0.361 e. The van der Waals surface area contributed by atoms with Gasteiger partial charge in [0.05, 0.1) is 11.1 Å². The van der Waals surface area contributed by atoms with Gasteiger partial charge in [0.1, 0.15) is 11.3 Å². The van der Waals surface area contributed by atoms with Crippen LogP contribution in [0.15, 0.2) is 4.52 Å². The molecule has 1 aromatic heterocycles. The number of nitrogens with zero attached hydrogens (tertiary/aromatic N) is 3. The van der Waals surface area contributed by atoms with Crippen molar-refractivity contribution in [2.75, 3.05) is 26.2 Å². The van der Waals surface area contributed by atoms with Crippen LogP contribution in [0.2, 0.25) is 0 Å². The fourth-order valence-corrected chi connectivity index (χ4v) is 8.36. The minimum absolute atomic E-state index is 0.0275. The highest BCUT2D eigenvalue weighted by Crippen LogP contribution is 2.61. The molecule has 6 heteroatoms. The summed E-state index contributed by atoms with van der Waals surface area (Å²) < 4.78 is 5.20. The van der Waals surface area contributed by atoms with Crippen molar-refractivity contribution in [3.63, 3.8) is 0 Å². The van der Waals surface area contributed by atoms with E-state index in [0.29, 0.717) is 22.9 Å². The van der Waals surface area contributed by atoms with Gasteiger partial charge in [-0.05, 0) is 94.8 Å². The molecule has 6 aliphatic rings. The first-order chi connectivity index (χ1) is 14.9. The molecule has 1 spiro atoms. The first-order valence-corrected chi connectivity index (χ1v) is 12.4. The van der Waals surface area contributed by atoms with Crippen LogP contribution >= 0.6 is 0 Å². The molecule has 2 aliphatic heterocycles. The molecule has 3 heterocycles. The summed E-state index contributed by atoms with van der Waals surface area (Å²) in [4.78, 5) is 31.0. The summed E-state index contributed by atoms with van der Waals surface area (Å²) in [7, 11) is 0. The Balaban J connectivity index is 1.11. The third-order valence-corrected chi connectivity index (χ3v) is 9.58. The van der Waals surface area contributed by atoms with Crippen molar-refractivity contribution in [3.05, 3.63) is 17.0 Å². The average molecular weight is 426 g/mol. The Labute approximate surface area is 184 Å². The van der Waals surface area contributed by atoms with E-state index in [4.69, 9.17) is 4.52 Å². The third-order valence-electron chi connectivity index (χ3n) is 9.58. The van der Waals surface area contributed by atoms with Crippen molar-refractivity contribution < 1.29 is 14.1 Å². The van der Waals surface area contributed by atoms with Gasteiger partial charge in [-0.15, -0.1) is 0 Å². The Bertz CT molecular complexity index is 856. The van der Waals surface area contributed by atoms with Crippen LogP contribution in [0.3, 0.4) is 0 Å². The number of likely N-dealkylation sites (tertiary alicyclic amines) is 2. The SMILES string of the molecule is Cc1noc(C)c1C(=O)N1CCC2(CC1)CCN(C(=O)C13CC4CC(CC(C4)C1)C3)C2. The van der Waals surface area contributed by atoms with E-state index in [9.17, 15) is 9.59 Å². The number of aromatic nitrogens is 1. The lowest BCUT2D eigenvalue weighted by Gasteiger charge is -2.56. The van der Waals surface area contributed by atoms with Gasteiger partial charge in [0.2, 0.25) is 5.91 Å². The molecule has 6 nitrogen and oxygen atoms in total. The number of rotatable bonds is 2. The van der Waals surface area contributed by atoms with Gasteiger partial charge in [0.15, 0.2) is 0 Å². The number of hydrogen-bond donors (Lipinski definition) is 0. The van der Waals surface area contributed by atoms with E-state index in [1.54, 1.807) is 0 Å². The molecule has 4 saturated carbocycles. The molecule has 31 heavy (non-hydrogen) atoms. The Morgan fingerprint density at radius 3 is 1.97 bits per heavy atom. The van der Waals surface area contributed by atoms with E-state index in [0.717, 1.165) is 82.5 Å². The van der Waals surface area contributed by atoms with Crippen molar-refractivity contribution >= 4 is 11.8 Å². The fraction of sp³-hybridized carbons (Fsp3) is 0.800. The van der Waals surface area contributed by atoms with Crippen molar-refractivity contribution in [1.29, 1.82) is 0 Å². The zero-order valence-corrected chi connectivity index (χ0v) is 19.0. The van der Waals surface area contributed by atoms with Gasteiger partial charge in [-0.3, -0.25) is 9.59 Å². The van der Waals surface area contributed by atoms with Gasteiger partial charge in [-0.2, -0.15) is 0 Å². The predicted octanol–water partition coefficient (Wildman–Crippen LogP) is 3.96. The van der Waals surface area contributed by atoms with Crippen LogP contribution in [0.1, 0.15) is 79.6 Å². The molecule has 2 saturated heterocycles. The molecule has 0 radical (unpaired) electrons. The van der Waals surface area contributed by atoms with Crippen LogP contribution in [0, 0.1) is 42.4 Å². The summed E-state index contributed by atoms with van der Waals surface area (Å²) in [5.41, 5.74) is 1.48. The second kappa shape index (κ2) is 6.82. The normalized spacial score (nSPS) is 35.9. The highest BCUT2D eigenvalue weighted by atomic mass is 16.5. The van der Waals surface area contributed by atoms with Crippen LogP contribution in [-0.2, 0) is 4.79 Å². The molecule has 4 aliphatic carbocycles. The van der Waals surface area contributed by atoms with Crippen molar-refractivity contribution in [1.82, 2.24) is 15.0 Å². The monoisotopic (exact) mass is 425 g/mol. The number of hydrogen-bond acceptors (Lipinski definition) is 4. The summed E-state index contributed by atoms with van der Waals surface area (Å²) in [5.74, 6) is 3.57.